The number of benzene rings is 2. The lowest BCUT2D eigenvalue weighted by molar-refractivity contribution is -0.140. The summed E-state index contributed by atoms with van der Waals surface area (Å²) in [6.45, 7) is 15.1. The van der Waals surface area contributed by atoms with Crippen LogP contribution >= 0.6 is 0 Å². The predicted molar refractivity (Wildman–Crippen MR) is 151 cm³/mol. The maximum Gasteiger partial charge on any atom is 0.408 e. The van der Waals surface area contributed by atoms with Crippen LogP contribution in [0.15, 0.2) is 55.1 Å². The lowest BCUT2D eigenvalue weighted by atomic mass is 9.98. The van der Waals surface area contributed by atoms with Crippen molar-refractivity contribution >= 4 is 29.7 Å². The fourth-order valence-corrected chi connectivity index (χ4v) is 4.02. The molecule has 38 heavy (non-hydrogen) atoms. The third-order valence-corrected chi connectivity index (χ3v) is 5.70. The van der Waals surface area contributed by atoms with Crippen LogP contribution in [0.25, 0.3) is 6.08 Å². The molecule has 0 aliphatic rings. The highest BCUT2D eigenvalue weighted by Crippen LogP contribution is 2.27. The van der Waals surface area contributed by atoms with E-state index in [9.17, 15) is 14.4 Å². The SMILES string of the molecule is C=Cc1cccc(C(C(=O)Nc2ccc(OC)cc2)N(CC)C(=O)C(CC(C)C)NC(=O)OC(C)(C)C)c1. The zero-order valence-electron chi connectivity index (χ0n) is 23.5. The predicted octanol–water partition coefficient (Wildman–Crippen LogP) is 5.81. The number of nitrogens with one attached hydrogen (secondary N) is 2. The molecule has 8 nitrogen and oxygen atoms in total. The normalized spacial score (nSPS) is 12.7. The fourth-order valence-electron chi connectivity index (χ4n) is 4.02. The van der Waals surface area contributed by atoms with Gasteiger partial charge in [-0.25, -0.2) is 4.79 Å². The zero-order valence-corrected chi connectivity index (χ0v) is 23.5. The second-order valence-corrected chi connectivity index (χ2v) is 10.4. The summed E-state index contributed by atoms with van der Waals surface area (Å²) in [5.74, 6) is 0.0136. The van der Waals surface area contributed by atoms with Crippen molar-refractivity contribution in [2.75, 3.05) is 19.0 Å². The Balaban J connectivity index is 2.47. The topological polar surface area (TPSA) is 97.0 Å². The number of hydrogen-bond acceptors (Lipinski definition) is 5. The number of hydrogen-bond donors (Lipinski definition) is 2. The Bertz CT molecular complexity index is 1110. The van der Waals surface area contributed by atoms with E-state index in [1.54, 1.807) is 64.3 Å². The van der Waals surface area contributed by atoms with Gasteiger partial charge in [0.25, 0.3) is 5.91 Å². The first-order valence-electron chi connectivity index (χ1n) is 12.9. The number of anilines is 1. The van der Waals surface area contributed by atoms with E-state index in [4.69, 9.17) is 9.47 Å². The average Bonchev–Trinajstić information content (AvgIpc) is 2.85. The van der Waals surface area contributed by atoms with Crippen molar-refractivity contribution in [3.05, 3.63) is 66.2 Å². The molecule has 0 aliphatic heterocycles. The number of nitrogens with zero attached hydrogens (tertiary/aromatic N) is 1. The molecule has 2 unspecified atom stereocenters. The summed E-state index contributed by atoms with van der Waals surface area (Å²) in [4.78, 5) is 41.8. The van der Waals surface area contributed by atoms with Gasteiger partial charge in [0, 0.05) is 12.2 Å². The fraction of sp³-hybridized carbons (Fsp3) is 0.433. The number of rotatable bonds is 11. The molecule has 0 bridgehead atoms. The monoisotopic (exact) mass is 523 g/mol. The van der Waals surface area contributed by atoms with Gasteiger partial charge in [0.05, 0.1) is 7.11 Å². The number of carbonyl (C=O) groups is 3. The van der Waals surface area contributed by atoms with Crippen molar-refractivity contribution in [1.29, 1.82) is 0 Å². The van der Waals surface area contributed by atoms with E-state index in [-0.39, 0.29) is 24.3 Å². The molecular weight excluding hydrogens is 482 g/mol. The molecule has 0 radical (unpaired) electrons. The Hall–Kier alpha value is -3.81. The lowest BCUT2D eigenvalue weighted by Crippen LogP contribution is -2.52. The van der Waals surface area contributed by atoms with Crippen molar-refractivity contribution in [3.63, 3.8) is 0 Å². The second kappa shape index (κ2) is 13.7. The zero-order chi connectivity index (χ0) is 28.5. The summed E-state index contributed by atoms with van der Waals surface area (Å²) < 4.78 is 10.6. The molecule has 0 fully saturated rings. The molecule has 0 aromatic heterocycles. The summed E-state index contributed by atoms with van der Waals surface area (Å²) in [5.41, 5.74) is 1.30. The van der Waals surface area contributed by atoms with Gasteiger partial charge in [-0.15, -0.1) is 0 Å². The summed E-state index contributed by atoms with van der Waals surface area (Å²) in [6.07, 6.45) is 1.39. The summed E-state index contributed by atoms with van der Waals surface area (Å²) in [5, 5.41) is 5.66. The van der Waals surface area contributed by atoms with Crippen LogP contribution in [0.3, 0.4) is 0 Å². The van der Waals surface area contributed by atoms with Crippen molar-refractivity contribution in [2.45, 2.75) is 65.6 Å². The lowest BCUT2D eigenvalue weighted by Gasteiger charge is -2.34. The first-order valence-corrected chi connectivity index (χ1v) is 12.9. The van der Waals surface area contributed by atoms with E-state index in [0.717, 1.165) is 5.56 Å². The van der Waals surface area contributed by atoms with Crippen LogP contribution in [-0.4, -0.2) is 48.1 Å². The van der Waals surface area contributed by atoms with E-state index < -0.39 is 23.8 Å². The van der Waals surface area contributed by atoms with Crippen LogP contribution in [0, 0.1) is 5.92 Å². The van der Waals surface area contributed by atoms with Gasteiger partial charge in [-0.2, -0.15) is 0 Å². The van der Waals surface area contributed by atoms with Crippen LogP contribution in [0.4, 0.5) is 10.5 Å². The van der Waals surface area contributed by atoms with Crippen LogP contribution in [0.5, 0.6) is 5.75 Å². The molecule has 2 atom stereocenters. The van der Waals surface area contributed by atoms with Gasteiger partial charge in [0.15, 0.2) is 0 Å². The molecule has 0 saturated carbocycles. The molecule has 8 heteroatoms. The number of likely N-dealkylation sites (N-methyl/N-ethyl adjacent to an activating group) is 1. The van der Waals surface area contributed by atoms with Gasteiger partial charge in [0.2, 0.25) is 5.91 Å². The number of ether oxygens (including phenoxy) is 2. The summed E-state index contributed by atoms with van der Waals surface area (Å²) in [7, 11) is 1.57. The minimum atomic E-state index is -0.954. The Morgan fingerprint density at radius 3 is 2.26 bits per heavy atom. The van der Waals surface area contributed by atoms with Gasteiger partial charge in [0.1, 0.15) is 23.4 Å². The van der Waals surface area contributed by atoms with Gasteiger partial charge >= 0.3 is 6.09 Å². The van der Waals surface area contributed by atoms with Gasteiger partial charge in [-0.05, 0) is 81.5 Å². The number of methoxy groups -OCH3 is 1. The van der Waals surface area contributed by atoms with Crippen LogP contribution < -0.4 is 15.4 Å². The van der Waals surface area contributed by atoms with Crippen LogP contribution in [-0.2, 0) is 14.3 Å². The van der Waals surface area contributed by atoms with Crippen molar-refractivity contribution < 1.29 is 23.9 Å². The molecule has 0 aliphatic carbocycles. The number of amides is 3. The highest BCUT2D eigenvalue weighted by Gasteiger charge is 2.36. The third kappa shape index (κ3) is 8.94. The standard InChI is InChI=1S/C30H41N3O5/c1-9-21-12-11-13-22(19-21)26(27(34)31-23-14-16-24(37-8)17-15-23)33(10-2)28(35)25(18-20(3)4)32-29(36)38-30(5,6)7/h9,11-17,19-20,25-26H,1,10,18H2,2-8H3,(H,31,34)(H,32,36). The quantitative estimate of drug-likeness (QED) is 0.388. The number of carbonyl (C=O) groups excluding carboxylic acids is 3. The van der Waals surface area contributed by atoms with E-state index >= 15 is 0 Å². The molecule has 0 heterocycles. The van der Waals surface area contributed by atoms with Crippen LogP contribution in [0.1, 0.15) is 65.1 Å². The molecule has 2 aromatic rings. The Morgan fingerprint density at radius 2 is 1.74 bits per heavy atom. The van der Waals surface area contributed by atoms with Crippen molar-refractivity contribution in [2.24, 2.45) is 5.92 Å². The van der Waals surface area contributed by atoms with Gasteiger partial charge < -0.3 is 25.0 Å². The molecule has 2 N–H and O–H groups in total. The van der Waals surface area contributed by atoms with E-state index in [1.165, 1.54) is 4.90 Å². The van der Waals surface area contributed by atoms with Crippen LogP contribution in [0.2, 0.25) is 0 Å². The van der Waals surface area contributed by atoms with E-state index in [1.807, 2.05) is 39.0 Å². The maximum atomic E-state index is 14.0. The Labute approximate surface area is 226 Å². The first kappa shape index (κ1) is 30.4. The molecule has 206 valence electrons. The minimum Gasteiger partial charge on any atom is -0.497 e. The van der Waals surface area contributed by atoms with Crippen molar-refractivity contribution in [1.82, 2.24) is 10.2 Å². The molecule has 0 saturated heterocycles. The molecule has 2 aromatic carbocycles. The Kier molecular flexibility index (Phi) is 10.9. The van der Waals surface area contributed by atoms with E-state index in [2.05, 4.69) is 17.2 Å². The number of alkyl carbamates (subject to hydrolysis) is 1. The third-order valence-electron chi connectivity index (χ3n) is 5.70. The van der Waals surface area contributed by atoms with Gasteiger partial charge in [-0.1, -0.05) is 44.7 Å². The maximum absolute atomic E-state index is 14.0. The molecule has 2 rings (SSSR count). The van der Waals surface area contributed by atoms with Gasteiger partial charge in [-0.3, -0.25) is 9.59 Å². The Morgan fingerprint density at radius 1 is 1.08 bits per heavy atom. The molecule has 0 spiro atoms. The summed E-state index contributed by atoms with van der Waals surface area (Å²) >= 11 is 0. The minimum absolute atomic E-state index is 0.105. The summed E-state index contributed by atoms with van der Waals surface area (Å²) in [6, 6.07) is 12.5. The second-order valence-electron chi connectivity index (χ2n) is 10.4. The smallest absolute Gasteiger partial charge is 0.408 e. The largest absolute Gasteiger partial charge is 0.497 e. The first-order chi connectivity index (χ1) is 17.9. The average molecular weight is 524 g/mol. The van der Waals surface area contributed by atoms with Crippen molar-refractivity contribution in [3.8, 4) is 5.75 Å². The van der Waals surface area contributed by atoms with E-state index in [0.29, 0.717) is 23.4 Å². The highest BCUT2D eigenvalue weighted by atomic mass is 16.6. The molecular formula is C30H41N3O5. The molecule has 3 amide bonds. The highest BCUT2D eigenvalue weighted by molar-refractivity contribution is 5.99.